The van der Waals surface area contributed by atoms with Gasteiger partial charge in [0.15, 0.2) is 0 Å². The highest BCUT2D eigenvalue weighted by Crippen LogP contribution is 2.38. The smallest absolute Gasteiger partial charge is 0.239 e. The van der Waals surface area contributed by atoms with Crippen molar-refractivity contribution in [2.24, 2.45) is 5.73 Å². The molecule has 0 bridgehead atoms. The van der Waals surface area contributed by atoms with Crippen LogP contribution in [-0.4, -0.2) is 23.7 Å². The van der Waals surface area contributed by atoms with Crippen molar-refractivity contribution >= 4 is 5.91 Å². The minimum absolute atomic E-state index is 0.296. The minimum Gasteiger partial charge on any atom is -0.394 e. The molecule has 4 N–H and O–H groups in total. The van der Waals surface area contributed by atoms with Crippen molar-refractivity contribution in [3.63, 3.8) is 0 Å². The zero-order chi connectivity index (χ0) is 13.9. The van der Waals surface area contributed by atoms with E-state index in [-0.39, 0.29) is 18.3 Å². The normalized spacial score (nSPS) is 19.1. The largest absolute Gasteiger partial charge is 0.394 e. The van der Waals surface area contributed by atoms with Gasteiger partial charge in [-0.15, -0.1) is 0 Å². The highest BCUT2D eigenvalue weighted by atomic mass is 19.1. The van der Waals surface area contributed by atoms with Crippen LogP contribution < -0.4 is 11.1 Å². The zero-order valence-corrected chi connectivity index (χ0v) is 10.7. The maximum atomic E-state index is 13.0. The molecule has 5 heteroatoms. The summed E-state index contributed by atoms with van der Waals surface area (Å²) in [7, 11) is 0. The quantitative estimate of drug-likeness (QED) is 0.762. The Kier molecular flexibility index (Phi) is 4.17. The fourth-order valence-corrected chi connectivity index (χ4v) is 2.64. The topological polar surface area (TPSA) is 75.3 Å². The number of aliphatic hydroxyl groups is 1. The summed E-state index contributed by atoms with van der Waals surface area (Å²) in [6.45, 7) is -0.384. The Hall–Kier alpha value is -1.46. The van der Waals surface area contributed by atoms with Gasteiger partial charge < -0.3 is 16.2 Å². The van der Waals surface area contributed by atoms with Gasteiger partial charge in [0.05, 0.1) is 12.1 Å². The molecule has 1 saturated carbocycles. The van der Waals surface area contributed by atoms with Crippen molar-refractivity contribution in [3.8, 4) is 0 Å². The number of hydrogen-bond acceptors (Lipinski definition) is 3. The molecule has 104 valence electrons. The van der Waals surface area contributed by atoms with Gasteiger partial charge in [0.25, 0.3) is 0 Å². The number of aliphatic hydroxyl groups excluding tert-OH is 1. The Morgan fingerprint density at radius 1 is 1.37 bits per heavy atom. The molecule has 1 amide bonds. The maximum absolute atomic E-state index is 13.0. The molecule has 1 aromatic carbocycles. The summed E-state index contributed by atoms with van der Waals surface area (Å²) in [5, 5.41) is 11.9. The average Bonchev–Trinajstić information content (AvgIpc) is 2.88. The van der Waals surface area contributed by atoms with E-state index in [1.54, 1.807) is 12.1 Å². The van der Waals surface area contributed by atoms with Crippen LogP contribution in [0.3, 0.4) is 0 Å². The van der Waals surface area contributed by atoms with Gasteiger partial charge in [-0.2, -0.15) is 0 Å². The minimum atomic E-state index is -0.919. The highest BCUT2D eigenvalue weighted by molar-refractivity contribution is 5.82. The average molecular weight is 266 g/mol. The molecule has 0 radical (unpaired) electrons. The lowest BCUT2D eigenvalue weighted by Gasteiger charge is -2.32. The van der Waals surface area contributed by atoms with Crippen LogP contribution in [0.4, 0.5) is 4.39 Å². The molecule has 0 heterocycles. The van der Waals surface area contributed by atoms with Gasteiger partial charge in [0, 0.05) is 0 Å². The summed E-state index contributed by atoms with van der Waals surface area (Å²) in [6, 6.07) is 5.27. The molecular weight excluding hydrogens is 247 g/mol. The van der Waals surface area contributed by atoms with Crippen molar-refractivity contribution in [3.05, 3.63) is 35.6 Å². The number of nitrogens with one attached hydrogen (secondary N) is 1. The molecule has 4 nitrogen and oxygen atoms in total. The molecule has 0 saturated heterocycles. The third-order valence-corrected chi connectivity index (χ3v) is 3.75. The van der Waals surface area contributed by atoms with Gasteiger partial charge in [-0.3, -0.25) is 4.79 Å². The molecule has 0 spiro atoms. The maximum Gasteiger partial charge on any atom is 0.239 e. The molecule has 1 fully saturated rings. The number of rotatable bonds is 4. The first-order valence-electron chi connectivity index (χ1n) is 6.52. The van der Waals surface area contributed by atoms with Gasteiger partial charge in [0.1, 0.15) is 11.9 Å². The molecular formula is C14H19FN2O2. The van der Waals surface area contributed by atoms with E-state index in [2.05, 4.69) is 5.32 Å². The lowest BCUT2D eigenvalue weighted by atomic mass is 9.87. The predicted molar refractivity (Wildman–Crippen MR) is 69.7 cm³/mol. The molecule has 2 rings (SSSR count). The van der Waals surface area contributed by atoms with E-state index in [1.165, 1.54) is 12.1 Å². The fraction of sp³-hybridized carbons (Fsp3) is 0.500. The second kappa shape index (κ2) is 5.67. The first-order chi connectivity index (χ1) is 9.07. The molecule has 1 unspecified atom stereocenters. The third-order valence-electron chi connectivity index (χ3n) is 3.75. The van der Waals surface area contributed by atoms with Gasteiger partial charge >= 0.3 is 0 Å². The lowest BCUT2D eigenvalue weighted by molar-refractivity contribution is -0.125. The van der Waals surface area contributed by atoms with Crippen LogP contribution >= 0.6 is 0 Å². The number of halogens is 1. The Morgan fingerprint density at radius 2 is 1.95 bits per heavy atom. The van der Waals surface area contributed by atoms with Crippen LogP contribution in [0.2, 0.25) is 0 Å². The van der Waals surface area contributed by atoms with Crippen LogP contribution in [0, 0.1) is 5.82 Å². The van der Waals surface area contributed by atoms with E-state index >= 15 is 0 Å². The van der Waals surface area contributed by atoms with Crippen molar-refractivity contribution in [1.82, 2.24) is 5.32 Å². The molecule has 1 aliphatic rings. The number of carbonyl (C=O) groups is 1. The zero-order valence-electron chi connectivity index (χ0n) is 10.7. The van der Waals surface area contributed by atoms with Crippen molar-refractivity contribution < 1.29 is 14.3 Å². The molecule has 1 aromatic rings. The molecule has 0 aromatic heterocycles. The van der Waals surface area contributed by atoms with Crippen LogP contribution in [0.5, 0.6) is 0 Å². The lowest BCUT2D eigenvalue weighted by Crippen LogP contribution is -2.51. The standard InChI is InChI=1S/C14H19FN2O2/c15-11-5-3-10(4-6-11)14(7-1-2-8-14)17-13(19)12(16)9-18/h3-6,12,18H,1-2,7-9,16H2,(H,17,19). The van der Waals surface area contributed by atoms with E-state index in [1.807, 2.05) is 0 Å². The Bertz CT molecular complexity index is 441. The van der Waals surface area contributed by atoms with E-state index in [0.29, 0.717) is 0 Å². The number of benzene rings is 1. The predicted octanol–water partition coefficient (Wildman–Crippen LogP) is 1.03. The monoisotopic (exact) mass is 266 g/mol. The van der Waals surface area contributed by atoms with E-state index < -0.39 is 11.6 Å². The van der Waals surface area contributed by atoms with Crippen molar-refractivity contribution in [1.29, 1.82) is 0 Å². The number of amides is 1. The van der Waals surface area contributed by atoms with E-state index in [4.69, 9.17) is 10.8 Å². The summed E-state index contributed by atoms with van der Waals surface area (Å²) in [5.74, 6) is -0.663. The fourth-order valence-electron chi connectivity index (χ4n) is 2.64. The van der Waals surface area contributed by atoms with Gasteiger partial charge in [-0.25, -0.2) is 4.39 Å². The molecule has 1 atom stereocenters. The molecule has 0 aliphatic heterocycles. The third kappa shape index (κ3) is 2.93. The van der Waals surface area contributed by atoms with E-state index in [9.17, 15) is 9.18 Å². The van der Waals surface area contributed by atoms with Crippen LogP contribution in [-0.2, 0) is 10.3 Å². The SMILES string of the molecule is NC(CO)C(=O)NC1(c2ccc(F)cc2)CCCC1. The summed E-state index contributed by atoms with van der Waals surface area (Å²) in [5.41, 5.74) is 5.95. The first-order valence-corrected chi connectivity index (χ1v) is 6.52. The second-order valence-corrected chi connectivity index (χ2v) is 5.07. The summed E-state index contributed by atoms with van der Waals surface area (Å²) in [6.07, 6.45) is 3.63. The van der Waals surface area contributed by atoms with Crippen molar-refractivity contribution in [2.45, 2.75) is 37.3 Å². The van der Waals surface area contributed by atoms with Crippen molar-refractivity contribution in [2.75, 3.05) is 6.61 Å². The summed E-state index contributed by atoms with van der Waals surface area (Å²) in [4.78, 5) is 11.9. The Morgan fingerprint density at radius 3 is 2.47 bits per heavy atom. The van der Waals surface area contributed by atoms with Gasteiger partial charge in [-0.05, 0) is 30.5 Å². The molecule has 19 heavy (non-hydrogen) atoms. The second-order valence-electron chi connectivity index (χ2n) is 5.07. The van der Waals surface area contributed by atoms with Crippen LogP contribution in [0.25, 0.3) is 0 Å². The number of nitrogens with two attached hydrogens (primary N) is 1. The van der Waals surface area contributed by atoms with Gasteiger partial charge in [0.2, 0.25) is 5.91 Å². The van der Waals surface area contributed by atoms with Crippen LogP contribution in [0.1, 0.15) is 31.2 Å². The highest BCUT2D eigenvalue weighted by Gasteiger charge is 2.37. The van der Waals surface area contributed by atoms with E-state index in [0.717, 1.165) is 31.2 Å². The molecule has 1 aliphatic carbocycles. The number of carbonyl (C=O) groups excluding carboxylic acids is 1. The Labute approximate surface area is 111 Å². The first kappa shape index (κ1) is 14.0. The summed E-state index contributed by atoms with van der Waals surface area (Å²) >= 11 is 0. The van der Waals surface area contributed by atoms with Gasteiger partial charge in [-0.1, -0.05) is 25.0 Å². The number of hydrogen-bond donors (Lipinski definition) is 3. The Balaban J connectivity index is 2.23. The summed E-state index contributed by atoms with van der Waals surface area (Å²) < 4.78 is 13.0. The van der Waals surface area contributed by atoms with Crippen LogP contribution in [0.15, 0.2) is 24.3 Å².